The largest absolute Gasteiger partial charge is 0.269 e. The lowest BCUT2D eigenvalue weighted by Gasteiger charge is -0.270. The van der Waals surface area contributed by atoms with Crippen LogP contribution in [0.25, 0.3) is 0 Å². The van der Waals surface area contributed by atoms with Gasteiger partial charge in [-0.05, 0) is 0 Å². The van der Waals surface area contributed by atoms with Crippen molar-refractivity contribution in [3.05, 3.63) is 7.43 Å². The van der Waals surface area contributed by atoms with E-state index in [9.17, 15) is 0 Å². The van der Waals surface area contributed by atoms with Crippen molar-refractivity contribution in [2.24, 2.45) is 0 Å². The Bertz CT molecular complexity index is 6.85. The molecular formula is CH4F3I. The van der Waals surface area contributed by atoms with E-state index in [1.807, 2.05) is 0 Å². The highest BCUT2D eigenvalue weighted by Crippen LogP contribution is 0.886. The lowest BCUT2D eigenvalue weighted by molar-refractivity contribution is 1.11. The van der Waals surface area contributed by atoms with E-state index in [2.05, 4.69) is 0 Å². The van der Waals surface area contributed by atoms with Crippen molar-refractivity contribution in [1.29, 1.82) is 0 Å². The summed E-state index contributed by atoms with van der Waals surface area (Å²) >= 11 is 0. The summed E-state index contributed by atoms with van der Waals surface area (Å²) in [7, 11) is 0. The molecule has 0 heterocycles. The van der Waals surface area contributed by atoms with Gasteiger partial charge in [0.2, 0.25) is 0 Å². The van der Waals surface area contributed by atoms with E-state index in [1.165, 1.54) is 0 Å². The van der Waals surface area contributed by atoms with Gasteiger partial charge in [-0.25, -0.2) is 0 Å². The molecule has 0 fully saturated rings. The molecule has 36 valence electrons. The van der Waals surface area contributed by atoms with Crippen LogP contribution in [0.1, 0.15) is 0 Å². The Morgan fingerprint density at radius 1 is 0.600 bits per heavy atom. The van der Waals surface area contributed by atoms with Crippen LogP contribution < -0.4 is 0 Å². The van der Waals surface area contributed by atoms with E-state index in [0.717, 1.165) is 0 Å². The molecule has 0 aromatic rings. The third-order valence-electron chi connectivity index (χ3n) is 0. The zero-order chi connectivity index (χ0) is 0. The highest BCUT2D eigenvalue weighted by atomic mass is 127. The van der Waals surface area contributed by atoms with Crippen molar-refractivity contribution in [1.82, 2.24) is 0 Å². The quantitative estimate of drug-likeness (QED) is 0.514. The normalized spacial score (nSPS) is 0. The molecule has 0 aromatic heterocycles. The number of rotatable bonds is 0. The smallest absolute Gasteiger partial charge is 0 e. The van der Waals surface area contributed by atoms with Crippen molar-refractivity contribution in [2.45, 2.75) is 0 Å². The van der Waals surface area contributed by atoms with E-state index in [4.69, 9.17) is 0 Å². The maximum atomic E-state index is 0. The highest BCUT2D eigenvalue weighted by Gasteiger charge is 0.0000208. The lowest BCUT2D eigenvalue weighted by Crippen LogP contribution is 0.0813. The minimum atomic E-state index is 0. The second-order valence-corrected chi connectivity index (χ2v) is 0. The van der Waals surface area contributed by atoms with Crippen LogP contribution in [0.5, 0.6) is 0 Å². The van der Waals surface area contributed by atoms with Crippen LogP contribution in [0, 0.1) is 7.43 Å². The Morgan fingerprint density at radius 2 is 0.600 bits per heavy atom. The fourth-order valence-corrected chi connectivity index (χ4v) is 0. The van der Waals surface area contributed by atoms with Crippen molar-refractivity contribution >= 4 is 24.0 Å². The molecule has 0 spiro atoms. The first kappa shape index (κ1) is 417. The molecule has 0 N–H and O–H groups in total. The molecular weight excluding hydrogens is 196 g/mol. The van der Waals surface area contributed by atoms with Gasteiger partial charge in [0, 0.05) is 7.43 Å². The molecule has 0 atom stereocenters. The van der Waals surface area contributed by atoms with Crippen molar-refractivity contribution in [3.8, 4) is 0 Å². The van der Waals surface area contributed by atoms with Gasteiger partial charge < -0.3 is 0 Å². The lowest BCUT2D eigenvalue weighted by atomic mass is 12.0. The van der Waals surface area contributed by atoms with Gasteiger partial charge in [-0.1, -0.05) is 0 Å². The molecule has 0 amide bonds. The highest BCUT2D eigenvalue weighted by molar-refractivity contribution is 14.0. The molecule has 5 heavy (non-hydrogen) atoms. The Labute approximate surface area is 46.1 Å². The van der Waals surface area contributed by atoms with Gasteiger partial charge in [-0.3, -0.25) is 14.1 Å². The zero-order valence-electron chi connectivity index (χ0n) is 2.13. The molecule has 0 aliphatic carbocycles. The summed E-state index contributed by atoms with van der Waals surface area (Å²) in [6, 6.07) is 0. The molecule has 0 aliphatic rings. The van der Waals surface area contributed by atoms with Gasteiger partial charge in [-0.2, -0.15) is 0 Å². The van der Waals surface area contributed by atoms with E-state index in [1.54, 1.807) is 0 Å². The van der Waals surface area contributed by atoms with Crippen LogP contribution in [0.3, 0.4) is 0 Å². The third kappa shape index (κ3) is 106. The van der Waals surface area contributed by atoms with E-state index in [0.29, 0.717) is 0 Å². The van der Waals surface area contributed by atoms with Crippen LogP contribution in [0.2, 0.25) is 0 Å². The van der Waals surface area contributed by atoms with Crippen LogP contribution >= 0.6 is 24.0 Å². The van der Waals surface area contributed by atoms with Crippen LogP contribution in [-0.2, 0) is 0 Å². The average Bonchev–Trinajstić information content (AvgIpc) is 0. The summed E-state index contributed by atoms with van der Waals surface area (Å²) in [6.45, 7) is 0. The molecule has 0 saturated heterocycles. The molecule has 0 rings (SSSR count). The second-order valence-electron chi connectivity index (χ2n) is 0. The fourth-order valence-electron chi connectivity index (χ4n) is 0. The molecule has 0 nitrogen and oxygen atoms in total. The third-order valence-corrected chi connectivity index (χ3v) is 0. The van der Waals surface area contributed by atoms with Crippen LogP contribution in [-0.4, -0.2) is 0 Å². The summed E-state index contributed by atoms with van der Waals surface area (Å²) in [5.74, 6) is 0. The topological polar surface area (TPSA) is 0 Å². The monoisotopic (exact) mass is 200 g/mol. The summed E-state index contributed by atoms with van der Waals surface area (Å²) in [4.78, 5) is 0. The Balaban J connectivity index is 0. The van der Waals surface area contributed by atoms with Crippen LogP contribution in [0.4, 0.5) is 14.1 Å². The Morgan fingerprint density at radius 3 is 0.600 bits per heavy atom. The first-order valence-corrected chi connectivity index (χ1v) is 0. The second kappa shape index (κ2) is 207. The minimum absolute atomic E-state index is 0. The molecule has 4 heteroatoms. The Kier molecular flexibility index (Phi) is 17300. The van der Waals surface area contributed by atoms with Crippen molar-refractivity contribution in [2.75, 3.05) is 0 Å². The molecule has 0 aliphatic heterocycles. The number of hydrogen-bond acceptors (Lipinski definition) is 0. The van der Waals surface area contributed by atoms with E-state index in [-0.39, 0.29) is 45.5 Å². The summed E-state index contributed by atoms with van der Waals surface area (Å²) in [5, 5.41) is 0. The maximum absolute atomic E-state index is 0. The Hall–Kier alpha value is 0.520. The fraction of sp³-hybridized carbons (Fsp3) is 0. The van der Waals surface area contributed by atoms with Crippen molar-refractivity contribution in [3.63, 3.8) is 0 Å². The van der Waals surface area contributed by atoms with Gasteiger partial charge in [0.15, 0.2) is 0 Å². The van der Waals surface area contributed by atoms with Gasteiger partial charge in [0.25, 0.3) is 0 Å². The maximum Gasteiger partial charge on any atom is 0 e. The predicted octanol–water partition coefficient (Wildman–Crippen LogP) is 1.16. The molecule has 4 radical (unpaired) electrons. The zero-order valence-corrected chi connectivity index (χ0v) is 4.46. The number of halogens is 4. The van der Waals surface area contributed by atoms with Gasteiger partial charge >= 0.3 is 0 Å². The molecule has 0 unspecified atom stereocenters. The van der Waals surface area contributed by atoms with Crippen molar-refractivity contribution < 1.29 is 14.1 Å². The average molecular weight is 200 g/mol. The minimum Gasteiger partial charge on any atom is -0.269 e. The first-order valence-electron chi connectivity index (χ1n) is 0. The molecule has 0 bridgehead atoms. The summed E-state index contributed by atoms with van der Waals surface area (Å²) in [6.07, 6.45) is 0. The first-order chi connectivity index (χ1) is 0. The summed E-state index contributed by atoms with van der Waals surface area (Å²) < 4.78 is 0. The van der Waals surface area contributed by atoms with E-state index >= 15 is 0 Å². The standard InChI is InChI=1S/C.3FH.HI/h;4*1H. The summed E-state index contributed by atoms with van der Waals surface area (Å²) in [5.41, 5.74) is 0. The van der Waals surface area contributed by atoms with Gasteiger partial charge in [0.05, 0.1) is 0 Å². The van der Waals surface area contributed by atoms with E-state index < -0.39 is 0 Å². The van der Waals surface area contributed by atoms with Crippen LogP contribution in [0.15, 0.2) is 0 Å². The predicted molar refractivity (Wildman–Crippen MR) is 26.2 cm³/mol. The van der Waals surface area contributed by atoms with Gasteiger partial charge in [0.1, 0.15) is 0 Å². The molecule has 0 saturated carbocycles. The SMILES string of the molecule is F.F.F.I.[C]. The number of hydrogen-bond donors (Lipinski definition) is 0. The van der Waals surface area contributed by atoms with Gasteiger partial charge in [-0.15, -0.1) is 24.0 Å². The molecule has 0 aromatic carbocycles.